The fourth-order valence-corrected chi connectivity index (χ4v) is 1.03. The van der Waals surface area contributed by atoms with Crippen LogP contribution >= 0.6 is 0 Å². The van der Waals surface area contributed by atoms with E-state index in [9.17, 15) is 4.79 Å². The molecule has 0 heterocycles. The molecule has 0 fully saturated rings. The van der Waals surface area contributed by atoms with Gasteiger partial charge in [-0.05, 0) is 38.5 Å². The monoisotopic (exact) mass is 206 g/mol. The zero-order valence-electron chi connectivity index (χ0n) is 9.33. The van der Waals surface area contributed by atoms with E-state index in [1.54, 1.807) is 0 Å². The highest BCUT2D eigenvalue weighted by atomic mass is 16.6. The van der Waals surface area contributed by atoms with Crippen molar-refractivity contribution in [2.45, 2.75) is 32.9 Å². The molecular weight excluding hydrogens is 190 g/mol. The van der Waals surface area contributed by atoms with Crippen molar-refractivity contribution < 1.29 is 9.53 Å². The number of alkyl carbamates (subject to hydrolysis) is 1. The number of carbonyl (C=O) groups is 1. The predicted molar refractivity (Wildman–Crippen MR) is 58.4 cm³/mol. The van der Waals surface area contributed by atoms with E-state index in [0.717, 1.165) is 5.56 Å². The van der Waals surface area contributed by atoms with Crippen LogP contribution in [0, 0.1) is 6.07 Å². The van der Waals surface area contributed by atoms with Crippen LogP contribution in [0.1, 0.15) is 26.3 Å². The van der Waals surface area contributed by atoms with Crippen molar-refractivity contribution in [1.82, 2.24) is 5.32 Å². The van der Waals surface area contributed by atoms with Gasteiger partial charge in [-0.1, -0.05) is 18.2 Å². The maximum Gasteiger partial charge on any atom is 0.407 e. The highest BCUT2D eigenvalue weighted by Crippen LogP contribution is 2.06. The van der Waals surface area contributed by atoms with Gasteiger partial charge < -0.3 is 10.1 Å². The topological polar surface area (TPSA) is 38.3 Å². The summed E-state index contributed by atoms with van der Waals surface area (Å²) >= 11 is 0. The fraction of sp³-hybridized carbons (Fsp3) is 0.417. The van der Waals surface area contributed by atoms with E-state index in [1.807, 2.05) is 45.0 Å². The van der Waals surface area contributed by atoms with Crippen LogP contribution < -0.4 is 5.32 Å². The Hall–Kier alpha value is -1.51. The lowest BCUT2D eigenvalue weighted by atomic mass is 10.2. The normalized spacial score (nSPS) is 10.9. The molecule has 0 spiro atoms. The first-order valence-electron chi connectivity index (χ1n) is 4.89. The number of benzene rings is 1. The average molecular weight is 206 g/mol. The Morgan fingerprint density at radius 3 is 2.80 bits per heavy atom. The van der Waals surface area contributed by atoms with E-state index in [-0.39, 0.29) is 0 Å². The molecule has 1 rings (SSSR count). The van der Waals surface area contributed by atoms with Gasteiger partial charge in [0.1, 0.15) is 5.60 Å². The Morgan fingerprint density at radius 1 is 1.53 bits per heavy atom. The van der Waals surface area contributed by atoms with Crippen molar-refractivity contribution in [3.05, 3.63) is 35.9 Å². The molecular formula is C12H16NO2. The summed E-state index contributed by atoms with van der Waals surface area (Å²) in [7, 11) is 0. The molecule has 0 aromatic heterocycles. The second-order valence-electron chi connectivity index (χ2n) is 4.27. The van der Waals surface area contributed by atoms with Crippen molar-refractivity contribution in [2.75, 3.05) is 0 Å². The fourth-order valence-electron chi connectivity index (χ4n) is 1.03. The smallest absolute Gasteiger partial charge is 0.407 e. The Balaban J connectivity index is 2.35. The van der Waals surface area contributed by atoms with Crippen LogP contribution in [0.3, 0.4) is 0 Å². The van der Waals surface area contributed by atoms with Crippen molar-refractivity contribution in [2.24, 2.45) is 0 Å². The number of nitrogens with one attached hydrogen (secondary N) is 1. The molecule has 1 aromatic carbocycles. The Bertz CT molecular complexity index is 314. The number of carbonyl (C=O) groups excluding carboxylic acids is 1. The number of ether oxygens (including phenoxy) is 1. The summed E-state index contributed by atoms with van der Waals surface area (Å²) < 4.78 is 5.10. The van der Waals surface area contributed by atoms with Gasteiger partial charge >= 0.3 is 6.09 Å². The van der Waals surface area contributed by atoms with Gasteiger partial charge in [-0.25, -0.2) is 4.79 Å². The van der Waals surface area contributed by atoms with Crippen LogP contribution in [-0.2, 0) is 11.3 Å². The minimum Gasteiger partial charge on any atom is -0.444 e. The maximum atomic E-state index is 11.3. The van der Waals surface area contributed by atoms with Gasteiger partial charge in [0.15, 0.2) is 0 Å². The van der Waals surface area contributed by atoms with E-state index >= 15 is 0 Å². The van der Waals surface area contributed by atoms with E-state index in [1.165, 1.54) is 0 Å². The van der Waals surface area contributed by atoms with Gasteiger partial charge in [0, 0.05) is 6.54 Å². The molecule has 3 nitrogen and oxygen atoms in total. The van der Waals surface area contributed by atoms with Gasteiger partial charge in [0.2, 0.25) is 0 Å². The van der Waals surface area contributed by atoms with E-state index in [0.29, 0.717) is 6.54 Å². The molecule has 0 saturated heterocycles. The quantitative estimate of drug-likeness (QED) is 0.807. The number of amides is 1. The van der Waals surface area contributed by atoms with Gasteiger partial charge in [0.25, 0.3) is 0 Å². The number of hydrogen-bond acceptors (Lipinski definition) is 2. The molecule has 3 heteroatoms. The van der Waals surface area contributed by atoms with Crippen LogP contribution in [0.2, 0.25) is 0 Å². The molecule has 1 N–H and O–H groups in total. The van der Waals surface area contributed by atoms with Crippen molar-refractivity contribution >= 4 is 6.09 Å². The van der Waals surface area contributed by atoms with Gasteiger partial charge in [-0.3, -0.25) is 0 Å². The minimum absolute atomic E-state index is 0.397. The Morgan fingerprint density at radius 2 is 2.27 bits per heavy atom. The summed E-state index contributed by atoms with van der Waals surface area (Å²) in [6, 6.07) is 10.4. The molecule has 0 bridgehead atoms. The molecule has 0 aliphatic carbocycles. The molecule has 0 atom stereocenters. The van der Waals surface area contributed by atoms with Crippen LogP contribution in [0.5, 0.6) is 0 Å². The van der Waals surface area contributed by atoms with Crippen molar-refractivity contribution in [3.63, 3.8) is 0 Å². The summed E-state index contributed by atoms with van der Waals surface area (Å²) in [6.45, 7) is 5.97. The highest BCUT2D eigenvalue weighted by Gasteiger charge is 2.15. The summed E-state index contributed by atoms with van der Waals surface area (Å²) in [4.78, 5) is 11.3. The van der Waals surface area contributed by atoms with Gasteiger partial charge in [0.05, 0.1) is 0 Å². The van der Waals surface area contributed by atoms with E-state index in [4.69, 9.17) is 4.74 Å². The summed E-state index contributed by atoms with van der Waals surface area (Å²) in [6.07, 6.45) is -0.397. The third-order valence-electron chi connectivity index (χ3n) is 1.61. The van der Waals surface area contributed by atoms with Crippen molar-refractivity contribution in [3.8, 4) is 0 Å². The molecule has 0 saturated carbocycles. The largest absolute Gasteiger partial charge is 0.444 e. The lowest BCUT2D eigenvalue weighted by Gasteiger charge is -2.19. The predicted octanol–water partition coefficient (Wildman–Crippen LogP) is 2.51. The lowest BCUT2D eigenvalue weighted by Crippen LogP contribution is -2.32. The van der Waals surface area contributed by atoms with Crippen LogP contribution in [-0.4, -0.2) is 11.7 Å². The van der Waals surface area contributed by atoms with Crippen LogP contribution in [0.15, 0.2) is 24.3 Å². The number of rotatable bonds is 2. The highest BCUT2D eigenvalue weighted by molar-refractivity contribution is 5.67. The van der Waals surface area contributed by atoms with Crippen LogP contribution in [0.4, 0.5) is 4.79 Å². The molecule has 0 aliphatic rings. The second kappa shape index (κ2) is 4.82. The summed E-state index contributed by atoms with van der Waals surface area (Å²) in [5.41, 5.74) is 0.552. The molecule has 0 aliphatic heterocycles. The third kappa shape index (κ3) is 5.05. The third-order valence-corrected chi connectivity index (χ3v) is 1.61. The first-order valence-corrected chi connectivity index (χ1v) is 4.89. The molecule has 81 valence electrons. The minimum atomic E-state index is -0.451. The first-order chi connectivity index (χ1) is 6.97. The van der Waals surface area contributed by atoms with Crippen LogP contribution in [0.25, 0.3) is 0 Å². The Kier molecular flexibility index (Phi) is 3.72. The average Bonchev–Trinajstić information content (AvgIpc) is 2.14. The summed E-state index contributed by atoms with van der Waals surface area (Å²) in [5, 5.41) is 2.67. The zero-order chi connectivity index (χ0) is 11.3. The molecule has 1 radical (unpaired) electrons. The molecule has 1 aromatic rings. The second-order valence-corrected chi connectivity index (χ2v) is 4.27. The standard InChI is InChI=1S/C12H16NO2/c1-12(2,3)15-11(14)13-9-10-7-5-4-6-8-10/h4-5,7-8H,9H2,1-3H3,(H,13,14). The maximum absolute atomic E-state index is 11.3. The molecule has 1 amide bonds. The molecule has 0 unspecified atom stereocenters. The Labute approximate surface area is 90.4 Å². The molecule has 15 heavy (non-hydrogen) atoms. The van der Waals surface area contributed by atoms with Gasteiger partial charge in [-0.15, -0.1) is 0 Å². The SMILES string of the molecule is CC(C)(C)OC(=O)NCc1c[c]ccc1. The van der Waals surface area contributed by atoms with Crippen molar-refractivity contribution in [1.29, 1.82) is 0 Å². The first kappa shape index (κ1) is 11.6. The van der Waals surface area contributed by atoms with E-state index in [2.05, 4.69) is 11.4 Å². The lowest BCUT2D eigenvalue weighted by molar-refractivity contribution is 0.0523. The van der Waals surface area contributed by atoms with Gasteiger partial charge in [-0.2, -0.15) is 0 Å². The zero-order valence-corrected chi connectivity index (χ0v) is 9.33. The number of hydrogen-bond donors (Lipinski definition) is 1. The summed E-state index contributed by atoms with van der Waals surface area (Å²) in [5.74, 6) is 0. The van der Waals surface area contributed by atoms with E-state index < -0.39 is 11.7 Å².